The van der Waals surface area contributed by atoms with Crippen LogP contribution in [0.3, 0.4) is 0 Å². The van der Waals surface area contributed by atoms with Gasteiger partial charge in [0.1, 0.15) is 24.6 Å². The molecule has 8 atom stereocenters. The number of nitrogens with one attached hydrogen (secondary N) is 5. The Morgan fingerprint density at radius 2 is 1.76 bits per heavy atom. The van der Waals surface area contributed by atoms with Crippen molar-refractivity contribution < 1.29 is 22.3 Å². The largest absolute Gasteiger partial charge is 0.405 e. The fourth-order valence-electron chi connectivity index (χ4n) is 7.24. The quantitative estimate of drug-likeness (QED) is 0.333. The zero-order chi connectivity index (χ0) is 26.5. The van der Waals surface area contributed by atoms with Gasteiger partial charge in [0.15, 0.2) is 5.96 Å². The standard InChI is InChI=1S/C24H42F4N8O/c1-34-12-18(24(26,27)28)32-20(34)14-6-4-13(5-7-14)11-36-21-17(35(2)23(36)29)10-30-19(33-21)16-8-15(25)9-31-22(16)37-3/h13-22,29-33H,4-12H2,1-3H3. The zero-order valence-electron chi connectivity index (χ0n) is 21.9. The highest BCUT2D eigenvalue weighted by Crippen LogP contribution is 2.37. The van der Waals surface area contributed by atoms with Crippen molar-refractivity contribution in [2.45, 2.75) is 81.3 Å². The Labute approximate surface area is 216 Å². The van der Waals surface area contributed by atoms with Crippen molar-refractivity contribution in [3.05, 3.63) is 0 Å². The second kappa shape index (κ2) is 10.7. The number of hydrogen-bond acceptors (Lipinski definition) is 7. The van der Waals surface area contributed by atoms with Crippen molar-refractivity contribution in [3.8, 4) is 0 Å². The van der Waals surface area contributed by atoms with Gasteiger partial charge in [-0.2, -0.15) is 13.2 Å². The summed E-state index contributed by atoms with van der Waals surface area (Å²) in [6.45, 7) is 1.71. The lowest BCUT2D eigenvalue weighted by Gasteiger charge is -2.45. The molecule has 0 radical (unpaired) electrons. The summed E-state index contributed by atoms with van der Waals surface area (Å²) in [6, 6.07) is -1.36. The number of hydrogen-bond donors (Lipinski definition) is 5. The van der Waals surface area contributed by atoms with Crippen LogP contribution in [0.5, 0.6) is 0 Å². The van der Waals surface area contributed by atoms with Crippen LogP contribution in [0.4, 0.5) is 17.6 Å². The van der Waals surface area contributed by atoms with E-state index in [1.54, 1.807) is 14.2 Å². The number of fused-ring (bicyclic) bond motifs is 1. The van der Waals surface area contributed by atoms with E-state index in [-0.39, 0.29) is 49.1 Å². The van der Waals surface area contributed by atoms with Gasteiger partial charge in [0, 0.05) is 46.3 Å². The van der Waals surface area contributed by atoms with Crippen LogP contribution in [0.25, 0.3) is 0 Å². The number of halogens is 4. The first-order valence-corrected chi connectivity index (χ1v) is 13.6. The first-order chi connectivity index (χ1) is 17.6. The lowest BCUT2D eigenvalue weighted by atomic mass is 9.80. The predicted molar refractivity (Wildman–Crippen MR) is 131 cm³/mol. The molecule has 4 aliphatic heterocycles. The summed E-state index contributed by atoms with van der Waals surface area (Å²) < 4.78 is 59.5. The smallest absolute Gasteiger partial charge is 0.366 e. The number of rotatable bonds is 5. The zero-order valence-corrected chi connectivity index (χ0v) is 21.9. The molecular formula is C24H42F4N8O. The first-order valence-electron chi connectivity index (χ1n) is 13.6. The third-order valence-corrected chi connectivity index (χ3v) is 9.35. The molecule has 5 aliphatic rings. The molecule has 4 saturated heterocycles. The third-order valence-electron chi connectivity index (χ3n) is 9.35. The molecule has 0 aromatic carbocycles. The van der Waals surface area contributed by atoms with E-state index in [0.29, 0.717) is 31.4 Å². The van der Waals surface area contributed by atoms with Gasteiger partial charge in [-0.15, -0.1) is 0 Å². The number of alkyl halides is 4. The van der Waals surface area contributed by atoms with Gasteiger partial charge in [-0.1, -0.05) is 0 Å². The first kappa shape index (κ1) is 27.3. The highest BCUT2D eigenvalue weighted by atomic mass is 19.4. The van der Waals surface area contributed by atoms with Crippen molar-refractivity contribution in [1.29, 1.82) is 5.41 Å². The second-order valence-electron chi connectivity index (χ2n) is 11.6. The van der Waals surface area contributed by atoms with Gasteiger partial charge in [-0.05, 0) is 51.0 Å². The lowest BCUT2D eigenvalue weighted by molar-refractivity contribution is -0.150. The number of likely N-dealkylation sites (N-methyl/N-ethyl adjacent to an activating group) is 2. The Balaban J connectivity index is 1.19. The molecule has 1 saturated carbocycles. The number of ether oxygens (including phenoxy) is 1. The third kappa shape index (κ3) is 5.44. The minimum atomic E-state index is -4.22. The van der Waals surface area contributed by atoms with Gasteiger partial charge in [0.05, 0.1) is 18.4 Å². The van der Waals surface area contributed by atoms with E-state index >= 15 is 0 Å². The van der Waals surface area contributed by atoms with Gasteiger partial charge < -0.3 is 14.5 Å². The minimum absolute atomic E-state index is 0.00109. The summed E-state index contributed by atoms with van der Waals surface area (Å²) >= 11 is 0. The molecule has 8 unspecified atom stereocenters. The highest BCUT2D eigenvalue weighted by Gasteiger charge is 2.50. The Morgan fingerprint density at radius 3 is 2.41 bits per heavy atom. The molecule has 0 bridgehead atoms. The molecule has 0 aromatic heterocycles. The Hall–Kier alpha value is -1.25. The summed E-state index contributed by atoms with van der Waals surface area (Å²) in [5.74, 6) is 0.971. The van der Waals surface area contributed by atoms with Crippen LogP contribution >= 0.6 is 0 Å². The molecule has 1 aliphatic carbocycles. The summed E-state index contributed by atoms with van der Waals surface area (Å²) in [5, 5.41) is 22.0. The van der Waals surface area contributed by atoms with E-state index in [9.17, 15) is 17.6 Å². The molecule has 4 heterocycles. The van der Waals surface area contributed by atoms with Crippen LogP contribution in [0.2, 0.25) is 0 Å². The SMILES string of the molecule is COC1NCC(F)CC1C1NCC2C(N1)N(CC1CCC(C3NC(C(F)(F)F)CN3C)CC1)C(=N)N2C. The van der Waals surface area contributed by atoms with Crippen LogP contribution in [-0.4, -0.2) is 117 Å². The summed E-state index contributed by atoms with van der Waals surface area (Å²) in [4.78, 5) is 5.94. The van der Waals surface area contributed by atoms with Crippen LogP contribution < -0.4 is 21.3 Å². The Kier molecular flexibility index (Phi) is 7.92. The van der Waals surface area contributed by atoms with E-state index < -0.39 is 18.4 Å². The Bertz CT molecular complexity index is 812. The van der Waals surface area contributed by atoms with E-state index in [4.69, 9.17) is 10.1 Å². The van der Waals surface area contributed by atoms with Crippen molar-refractivity contribution in [2.24, 2.45) is 17.8 Å². The van der Waals surface area contributed by atoms with Crippen LogP contribution in [0.1, 0.15) is 32.1 Å². The normalized spacial score (nSPS) is 43.9. The maximum Gasteiger partial charge on any atom is 0.405 e. The molecule has 13 heteroatoms. The second-order valence-corrected chi connectivity index (χ2v) is 11.6. The predicted octanol–water partition coefficient (Wildman–Crippen LogP) is 0.901. The molecule has 37 heavy (non-hydrogen) atoms. The minimum Gasteiger partial charge on any atom is -0.366 e. The lowest BCUT2D eigenvalue weighted by Crippen LogP contribution is -2.69. The molecule has 0 spiro atoms. The molecule has 212 valence electrons. The van der Waals surface area contributed by atoms with Crippen LogP contribution in [0, 0.1) is 23.2 Å². The van der Waals surface area contributed by atoms with Crippen molar-refractivity contribution in [1.82, 2.24) is 36.0 Å². The van der Waals surface area contributed by atoms with Gasteiger partial charge in [-0.3, -0.25) is 31.6 Å². The van der Waals surface area contributed by atoms with Gasteiger partial charge in [0.25, 0.3) is 0 Å². The van der Waals surface area contributed by atoms with E-state index in [0.717, 1.165) is 32.2 Å². The summed E-state index contributed by atoms with van der Waals surface area (Å²) in [6.07, 6.45) is -1.80. The van der Waals surface area contributed by atoms with E-state index in [1.165, 1.54) is 0 Å². The number of guanidine groups is 1. The highest BCUT2D eigenvalue weighted by molar-refractivity contribution is 5.80. The molecule has 0 aromatic rings. The number of nitrogens with zero attached hydrogens (tertiary/aromatic N) is 3. The van der Waals surface area contributed by atoms with E-state index in [1.807, 2.05) is 16.8 Å². The van der Waals surface area contributed by atoms with Crippen molar-refractivity contribution in [3.63, 3.8) is 0 Å². The molecule has 5 rings (SSSR count). The molecule has 9 nitrogen and oxygen atoms in total. The Morgan fingerprint density at radius 1 is 1.03 bits per heavy atom. The maximum absolute atomic E-state index is 14.2. The number of methoxy groups -OCH3 is 1. The molecule has 0 amide bonds. The monoisotopic (exact) mass is 534 g/mol. The summed E-state index contributed by atoms with van der Waals surface area (Å²) in [5.41, 5.74) is 0. The maximum atomic E-state index is 14.2. The average Bonchev–Trinajstić information content (AvgIpc) is 3.38. The van der Waals surface area contributed by atoms with Gasteiger partial charge in [-0.25, -0.2) is 4.39 Å². The van der Waals surface area contributed by atoms with Gasteiger partial charge in [0.2, 0.25) is 0 Å². The van der Waals surface area contributed by atoms with Crippen molar-refractivity contribution >= 4 is 5.96 Å². The molecule has 5 N–H and O–H groups in total. The van der Waals surface area contributed by atoms with Crippen molar-refractivity contribution in [2.75, 3.05) is 47.4 Å². The molecule has 5 fully saturated rings. The fourth-order valence-corrected chi connectivity index (χ4v) is 7.24. The number of piperidine rings is 1. The fraction of sp³-hybridized carbons (Fsp3) is 0.958. The summed E-state index contributed by atoms with van der Waals surface area (Å²) in [7, 11) is 5.35. The topological polar surface area (TPSA) is 90.9 Å². The van der Waals surface area contributed by atoms with Gasteiger partial charge >= 0.3 is 6.18 Å². The average molecular weight is 535 g/mol. The molecular weight excluding hydrogens is 492 g/mol. The van der Waals surface area contributed by atoms with Crippen LogP contribution in [0.15, 0.2) is 0 Å². The van der Waals surface area contributed by atoms with E-state index in [2.05, 4.69) is 26.2 Å². The van der Waals surface area contributed by atoms with Crippen LogP contribution in [-0.2, 0) is 4.74 Å².